The number of carbonyl (C=O) groups is 2. The molecule has 0 aromatic heterocycles. The molecule has 2 aromatic carbocycles. The zero-order valence-electron chi connectivity index (χ0n) is 20.1. The van der Waals surface area contributed by atoms with Crippen LogP contribution in [0.3, 0.4) is 0 Å². The van der Waals surface area contributed by atoms with Gasteiger partial charge in [0.15, 0.2) is 0 Å². The van der Waals surface area contributed by atoms with Crippen molar-refractivity contribution in [2.45, 2.75) is 24.9 Å². The van der Waals surface area contributed by atoms with Crippen molar-refractivity contribution in [3.8, 4) is 0 Å². The van der Waals surface area contributed by atoms with Gasteiger partial charge in [-0.2, -0.15) is 13.2 Å². The predicted octanol–water partition coefficient (Wildman–Crippen LogP) is 3.06. The third-order valence-corrected chi connectivity index (χ3v) is 6.40. The number of hydrogen-bond acceptors (Lipinski definition) is 6. The molecule has 204 valence electrons. The number of nitrogens with zero attached hydrogens (tertiary/aromatic N) is 1. The predicted molar refractivity (Wildman–Crippen MR) is 130 cm³/mol. The summed E-state index contributed by atoms with van der Waals surface area (Å²) < 4.78 is 74.1. The molecule has 3 rings (SSSR count). The van der Waals surface area contributed by atoms with Crippen molar-refractivity contribution >= 4 is 33.3 Å². The molecule has 1 amide bonds. The minimum atomic E-state index is -5.08. The Labute approximate surface area is 211 Å². The lowest BCUT2D eigenvalue weighted by Gasteiger charge is -2.31. The van der Waals surface area contributed by atoms with E-state index in [1.54, 1.807) is 12.1 Å². The summed E-state index contributed by atoms with van der Waals surface area (Å²) in [6, 6.07) is 10.1. The first-order valence-electron chi connectivity index (χ1n) is 11.2. The van der Waals surface area contributed by atoms with Crippen LogP contribution < -0.4 is 20.3 Å². The number of carboxylic acid groups (broad SMARTS) is 1. The first-order chi connectivity index (χ1) is 17.2. The Morgan fingerprint density at radius 3 is 2.24 bits per heavy atom. The molecule has 9 nitrogen and oxygen atoms in total. The Balaban J connectivity index is 0.000000604. The van der Waals surface area contributed by atoms with E-state index < -0.39 is 32.9 Å². The van der Waals surface area contributed by atoms with Crippen molar-refractivity contribution in [2.24, 2.45) is 5.92 Å². The van der Waals surface area contributed by atoms with E-state index in [9.17, 15) is 30.8 Å². The average molecular weight is 549 g/mol. The quantitative estimate of drug-likeness (QED) is 0.392. The molecule has 0 bridgehead atoms. The van der Waals surface area contributed by atoms with E-state index in [4.69, 9.17) is 9.90 Å². The number of anilines is 2. The topological polar surface area (TPSA) is 128 Å². The summed E-state index contributed by atoms with van der Waals surface area (Å²) >= 11 is 0. The Kier molecular flexibility index (Phi) is 10.3. The highest BCUT2D eigenvalue weighted by atomic mass is 32.2. The number of rotatable bonds is 7. The zero-order chi connectivity index (χ0) is 27.8. The van der Waals surface area contributed by atoms with E-state index in [1.807, 2.05) is 18.7 Å². The van der Waals surface area contributed by atoms with Crippen LogP contribution in [0.25, 0.3) is 0 Å². The number of amides is 1. The summed E-state index contributed by atoms with van der Waals surface area (Å²) in [5, 5.41) is 13.2. The second-order valence-corrected chi connectivity index (χ2v) is 10.1. The van der Waals surface area contributed by atoms with Gasteiger partial charge in [-0.05, 0) is 36.2 Å². The fourth-order valence-corrected chi connectivity index (χ4v) is 4.35. The minimum absolute atomic E-state index is 0.248. The highest BCUT2D eigenvalue weighted by Crippen LogP contribution is 2.30. The van der Waals surface area contributed by atoms with Crippen LogP contribution in [0.1, 0.15) is 24.2 Å². The smallest absolute Gasteiger partial charge is 0.475 e. The molecule has 1 saturated heterocycles. The number of benzene rings is 2. The number of aliphatic carboxylic acids is 1. The molecule has 0 aliphatic carbocycles. The summed E-state index contributed by atoms with van der Waals surface area (Å²) in [5.41, 5.74) is 1.23. The number of alkyl halides is 3. The van der Waals surface area contributed by atoms with Crippen molar-refractivity contribution in [1.82, 2.24) is 10.6 Å². The number of piperazine rings is 1. The van der Waals surface area contributed by atoms with E-state index in [2.05, 4.69) is 15.4 Å². The lowest BCUT2D eigenvalue weighted by molar-refractivity contribution is -0.192. The molecule has 0 spiro atoms. The third kappa shape index (κ3) is 8.89. The molecule has 0 atom stereocenters. The van der Waals surface area contributed by atoms with Gasteiger partial charge in [0.1, 0.15) is 10.7 Å². The number of carboxylic acids is 1. The number of carbonyl (C=O) groups excluding carboxylic acids is 1. The highest BCUT2D eigenvalue weighted by molar-refractivity contribution is 7.92. The van der Waals surface area contributed by atoms with Gasteiger partial charge in [0.05, 0.1) is 11.4 Å². The fraction of sp³-hybridized carbons (Fsp3) is 0.391. The molecule has 0 radical (unpaired) electrons. The normalized spacial score (nSPS) is 14.0. The van der Waals surface area contributed by atoms with Crippen LogP contribution in [-0.4, -0.2) is 64.3 Å². The Bertz CT molecular complexity index is 1200. The van der Waals surface area contributed by atoms with Crippen molar-refractivity contribution in [3.05, 3.63) is 53.8 Å². The number of sulfonamides is 1. The van der Waals surface area contributed by atoms with Gasteiger partial charge in [-0.1, -0.05) is 26.0 Å². The monoisotopic (exact) mass is 548 g/mol. The van der Waals surface area contributed by atoms with Crippen molar-refractivity contribution in [2.75, 3.05) is 42.3 Å². The lowest BCUT2D eigenvalue weighted by Crippen LogP contribution is -2.43. The molecule has 1 fully saturated rings. The first-order valence-corrected chi connectivity index (χ1v) is 12.7. The van der Waals surface area contributed by atoms with Crippen LogP contribution >= 0.6 is 0 Å². The van der Waals surface area contributed by atoms with Crippen LogP contribution in [0.2, 0.25) is 0 Å². The van der Waals surface area contributed by atoms with Gasteiger partial charge in [-0.15, -0.1) is 0 Å². The average Bonchev–Trinajstić information content (AvgIpc) is 2.82. The molecule has 1 aliphatic rings. The van der Waals surface area contributed by atoms with Gasteiger partial charge in [0.25, 0.3) is 15.9 Å². The standard InChI is InChI=1S/C21H27FN4O3S.C2HF3O2/c1-15(2)14-24-21(27)16-7-8-19(26-11-9-23-10-12-26)18(13-16)25-30(28,29)20-6-4-3-5-17(20)22;3-2(4,5)1(6)7/h3-8,13,15,23,25H,9-12,14H2,1-2H3,(H,24,27);(H,6,7). The third-order valence-electron chi connectivity index (χ3n) is 5.00. The maximum Gasteiger partial charge on any atom is 0.490 e. The van der Waals surface area contributed by atoms with Crippen molar-refractivity contribution in [3.63, 3.8) is 0 Å². The van der Waals surface area contributed by atoms with Gasteiger partial charge in [0, 0.05) is 38.3 Å². The number of halogens is 4. The summed E-state index contributed by atoms with van der Waals surface area (Å²) in [7, 11) is -4.17. The molecule has 2 aromatic rings. The van der Waals surface area contributed by atoms with Crippen LogP contribution in [0, 0.1) is 11.7 Å². The van der Waals surface area contributed by atoms with Gasteiger partial charge in [-0.25, -0.2) is 17.6 Å². The van der Waals surface area contributed by atoms with Gasteiger partial charge < -0.3 is 20.6 Å². The number of nitrogens with one attached hydrogen (secondary N) is 3. The van der Waals surface area contributed by atoms with E-state index in [-0.39, 0.29) is 17.5 Å². The lowest BCUT2D eigenvalue weighted by atomic mass is 10.1. The van der Waals surface area contributed by atoms with Gasteiger partial charge in [-0.3, -0.25) is 9.52 Å². The van der Waals surface area contributed by atoms with Crippen LogP contribution in [-0.2, 0) is 14.8 Å². The molecular formula is C23H28F4N4O5S. The van der Waals surface area contributed by atoms with Crippen molar-refractivity contribution in [1.29, 1.82) is 0 Å². The number of hydrogen-bond donors (Lipinski definition) is 4. The van der Waals surface area contributed by atoms with E-state index in [1.165, 1.54) is 24.3 Å². The molecule has 14 heteroatoms. The van der Waals surface area contributed by atoms with E-state index in [0.717, 1.165) is 19.2 Å². The highest BCUT2D eigenvalue weighted by Gasteiger charge is 2.38. The largest absolute Gasteiger partial charge is 0.490 e. The molecule has 0 unspecified atom stereocenters. The van der Waals surface area contributed by atoms with Crippen LogP contribution in [0.15, 0.2) is 47.4 Å². The van der Waals surface area contributed by atoms with Crippen molar-refractivity contribution < 1.29 is 40.7 Å². The van der Waals surface area contributed by atoms with Gasteiger partial charge in [0.2, 0.25) is 0 Å². The summed E-state index contributed by atoms with van der Waals surface area (Å²) in [6.07, 6.45) is -5.08. The second kappa shape index (κ2) is 12.7. The molecule has 0 saturated carbocycles. The van der Waals surface area contributed by atoms with Crippen LogP contribution in [0.5, 0.6) is 0 Å². The fourth-order valence-electron chi connectivity index (χ4n) is 3.20. The maximum atomic E-state index is 14.1. The first kappa shape index (κ1) is 29.8. The zero-order valence-corrected chi connectivity index (χ0v) is 20.9. The molecule has 4 N–H and O–H groups in total. The Morgan fingerprint density at radius 2 is 1.70 bits per heavy atom. The van der Waals surface area contributed by atoms with Gasteiger partial charge >= 0.3 is 12.1 Å². The van der Waals surface area contributed by atoms with Crippen LogP contribution in [0.4, 0.5) is 28.9 Å². The molecule has 37 heavy (non-hydrogen) atoms. The Morgan fingerprint density at radius 1 is 1.11 bits per heavy atom. The molecule has 1 aliphatic heterocycles. The minimum Gasteiger partial charge on any atom is -0.475 e. The summed E-state index contributed by atoms with van der Waals surface area (Å²) in [6.45, 7) is 7.38. The molecule has 1 heterocycles. The maximum absolute atomic E-state index is 14.1. The summed E-state index contributed by atoms with van der Waals surface area (Å²) in [5.74, 6) is -3.60. The SMILES string of the molecule is CC(C)CNC(=O)c1ccc(N2CCNCC2)c(NS(=O)(=O)c2ccccc2F)c1.O=C(O)C(F)(F)F. The van der Waals surface area contributed by atoms with E-state index >= 15 is 0 Å². The Hall–Kier alpha value is -3.39. The molecular weight excluding hydrogens is 520 g/mol. The van der Waals surface area contributed by atoms with E-state index in [0.29, 0.717) is 30.9 Å². The summed E-state index contributed by atoms with van der Waals surface area (Å²) in [4.78, 5) is 23.0. The second-order valence-electron chi connectivity index (χ2n) is 8.41.